The van der Waals surface area contributed by atoms with E-state index in [0.29, 0.717) is 12.1 Å². The van der Waals surface area contributed by atoms with Crippen LogP contribution in [0.5, 0.6) is 0 Å². The molecule has 1 rings (SSSR count). The van der Waals surface area contributed by atoms with Gasteiger partial charge in [0, 0.05) is 5.56 Å². The molecule has 0 spiro atoms. The average molecular weight is 282 g/mol. The van der Waals surface area contributed by atoms with Gasteiger partial charge in [-0.25, -0.2) is 4.79 Å². The van der Waals surface area contributed by atoms with Crippen molar-refractivity contribution in [2.24, 2.45) is 0 Å². The largest absolute Gasteiger partial charge is 0.444 e. The number of anilines is 1. The van der Waals surface area contributed by atoms with Crippen molar-refractivity contribution in [3.05, 3.63) is 17.8 Å². The third-order valence-electron chi connectivity index (χ3n) is 2.21. The van der Waals surface area contributed by atoms with E-state index in [0.717, 1.165) is 6.42 Å². The van der Waals surface area contributed by atoms with E-state index in [4.69, 9.17) is 4.74 Å². The number of ether oxygens (including phenoxy) is 1. The van der Waals surface area contributed by atoms with Crippen LogP contribution in [0.1, 0.15) is 45.9 Å². The van der Waals surface area contributed by atoms with Gasteiger partial charge in [0.1, 0.15) is 11.8 Å². The summed E-state index contributed by atoms with van der Waals surface area (Å²) in [5.41, 5.74) is -0.0587. The molecule has 1 heterocycles. The van der Waals surface area contributed by atoms with Crippen LogP contribution in [0.25, 0.3) is 0 Å². The maximum Gasteiger partial charge on any atom is 0.413 e. The van der Waals surface area contributed by atoms with Gasteiger partial charge >= 0.3 is 6.09 Å². The highest BCUT2D eigenvalue weighted by Crippen LogP contribution is 2.13. The van der Waals surface area contributed by atoms with E-state index in [1.807, 2.05) is 6.92 Å². The minimum absolute atomic E-state index is 0.231. The predicted octanol–water partition coefficient (Wildman–Crippen LogP) is 1.81. The van der Waals surface area contributed by atoms with Crippen LogP contribution in [0.2, 0.25) is 0 Å². The molecule has 20 heavy (non-hydrogen) atoms. The summed E-state index contributed by atoms with van der Waals surface area (Å²) >= 11 is 0. The highest BCUT2D eigenvalue weighted by Gasteiger charge is 2.17. The first-order chi connectivity index (χ1) is 9.31. The number of hydrogen-bond acceptors (Lipinski definition) is 6. The molecular formula is C13H22N4O3. The summed E-state index contributed by atoms with van der Waals surface area (Å²) in [6, 6.07) is 1.55. The quantitative estimate of drug-likeness (QED) is 0.713. The lowest BCUT2D eigenvalue weighted by molar-refractivity contribution is 0.0635. The number of aliphatic hydroxyl groups is 1. The second kappa shape index (κ2) is 7.16. The van der Waals surface area contributed by atoms with Gasteiger partial charge in [-0.3, -0.25) is 10.6 Å². The van der Waals surface area contributed by atoms with Crippen LogP contribution >= 0.6 is 0 Å². The van der Waals surface area contributed by atoms with E-state index in [1.54, 1.807) is 26.8 Å². The number of amides is 1. The van der Waals surface area contributed by atoms with Gasteiger partial charge in [0.2, 0.25) is 0 Å². The summed E-state index contributed by atoms with van der Waals surface area (Å²) in [5, 5.41) is 22.8. The molecule has 7 heteroatoms. The Bertz CT molecular complexity index is 445. The SMILES string of the molecule is CCCNC(O)c1cnnc(NC(=O)OC(C)(C)C)c1. The lowest BCUT2D eigenvalue weighted by atomic mass is 10.2. The third kappa shape index (κ3) is 5.94. The minimum atomic E-state index is -0.843. The number of hydrogen-bond donors (Lipinski definition) is 3. The Morgan fingerprint density at radius 1 is 1.50 bits per heavy atom. The zero-order chi connectivity index (χ0) is 15.2. The Labute approximate surface area is 118 Å². The molecule has 0 aliphatic rings. The van der Waals surface area contributed by atoms with Crippen molar-refractivity contribution in [2.75, 3.05) is 11.9 Å². The van der Waals surface area contributed by atoms with Crippen LogP contribution < -0.4 is 10.6 Å². The molecule has 1 aromatic heterocycles. The second-order valence-corrected chi connectivity index (χ2v) is 5.36. The summed E-state index contributed by atoms with van der Waals surface area (Å²) in [4.78, 5) is 11.6. The molecule has 1 unspecified atom stereocenters. The van der Waals surface area contributed by atoms with Gasteiger partial charge in [0.25, 0.3) is 0 Å². The Kier molecular flexibility index (Phi) is 5.84. The molecular weight excluding hydrogens is 260 g/mol. The fraction of sp³-hybridized carbons (Fsp3) is 0.615. The molecule has 0 fully saturated rings. The van der Waals surface area contributed by atoms with Crippen LogP contribution in [0.4, 0.5) is 10.6 Å². The molecule has 112 valence electrons. The van der Waals surface area contributed by atoms with E-state index in [2.05, 4.69) is 20.8 Å². The fourth-order valence-corrected chi connectivity index (χ4v) is 1.40. The average Bonchev–Trinajstić information content (AvgIpc) is 2.33. The van der Waals surface area contributed by atoms with Crippen molar-refractivity contribution in [3.8, 4) is 0 Å². The van der Waals surface area contributed by atoms with Crippen molar-refractivity contribution >= 4 is 11.9 Å². The minimum Gasteiger partial charge on any atom is -0.444 e. The summed E-state index contributed by atoms with van der Waals surface area (Å²) in [7, 11) is 0. The molecule has 0 aromatic carbocycles. The third-order valence-corrected chi connectivity index (χ3v) is 2.21. The van der Waals surface area contributed by atoms with Gasteiger partial charge in [-0.15, -0.1) is 5.10 Å². The van der Waals surface area contributed by atoms with E-state index in [9.17, 15) is 9.90 Å². The molecule has 0 saturated heterocycles. The zero-order valence-electron chi connectivity index (χ0n) is 12.3. The number of rotatable bonds is 5. The Balaban J connectivity index is 2.66. The molecule has 0 radical (unpaired) electrons. The van der Waals surface area contributed by atoms with Gasteiger partial charge in [-0.2, -0.15) is 5.10 Å². The van der Waals surface area contributed by atoms with Crippen molar-refractivity contribution < 1.29 is 14.6 Å². The maximum absolute atomic E-state index is 11.6. The van der Waals surface area contributed by atoms with E-state index in [1.165, 1.54) is 6.20 Å². The number of nitrogens with one attached hydrogen (secondary N) is 2. The van der Waals surface area contributed by atoms with Crippen LogP contribution in [-0.4, -0.2) is 33.5 Å². The first-order valence-corrected chi connectivity index (χ1v) is 6.56. The number of nitrogens with zero attached hydrogens (tertiary/aromatic N) is 2. The monoisotopic (exact) mass is 282 g/mol. The molecule has 1 atom stereocenters. The predicted molar refractivity (Wildman–Crippen MR) is 75.1 cm³/mol. The first-order valence-electron chi connectivity index (χ1n) is 6.56. The second-order valence-electron chi connectivity index (χ2n) is 5.36. The number of carbonyl (C=O) groups excluding carboxylic acids is 1. The molecule has 7 nitrogen and oxygen atoms in total. The Morgan fingerprint density at radius 2 is 2.20 bits per heavy atom. The zero-order valence-corrected chi connectivity index (χ0v) is 12.3. The molecule has 1 amide bonds. The van der Waals surface area contributed by atoms with Crippen molar-refractivity contribution in [3.63, 3.8) is 0 Å². The number of aliphatic hydroxyl groups excluding tert-OH is 1. The van der Waals surface area contributed by atoms with E-state index in [-0.39, 0.29) is 5.82 Å². The number of aromatic nitrogens is 2. The van der Waals surface area contributed by atoms with Gasteiger partial charge in [0.05, 0.1) is 6.20 Å². The fourth-order valence-electron chi connectivity index (χ4n) is 1.40. The highest BCUT2D eigenvalue weighted by atomic mass is 16.6. The molecule has 0 bridgehead atoms. The smallest absolute Gasteiger partial charge is 0.413 e. The van der Waals surface area contributed by atoms with E-state index < -0.39 is 17.9 Å². The standard InChI is InChI=1S/C13H22N4O3/c1-5-6-14-11(18)9-7-10(17-15-8-9)16-12(19)20-13(2,3)4/h7-8,11,14,18H,5-6H2,1-4H3,(H,16,17,19). The Hall–Kier alpha value is -1.73. The van der Waals surface area contributed by atoms with Crippen molar-refractivity contribution in [1.29, 1.82) is 0 Å². The topological polar surface area (TPSA) is 96.4 Å². The molecule has 0 aliphatic heterocycles. The van der Waals surface area contributed by atoms with Crippen molar-refractivity contribution in [2.45, 2.75) is 45.9 Å². The van der Waals surface area contributed by atoms with Gasteiger partial charge < -0.3 is 9.84 Å². The molecule has 3 N–H and O–H groups in total. The van der Waals surface area contributed by atoms with E-state index >= 15 is 0 Å². The molecule has 0 aliphatic carbocycles. The maximum atomic E-state index is 11.6. The van der Waals surface area contributed by atoms with Crippen LogP contribution in [0.3, 0.4) is 0 Å². The highest BCUT2D eigenvalue weighted by molar-refractivity contribution is 5.83. The van der Waals surface area contributed by atoms with Gasteiger partial charge in [-0.05, 0) is 39.8 Å². The summed E-state index contributed by atoms with van der Waals surface area (Å²) in [6.45, 7) is 7.99. The van der Waals surface area contributed by atoms with Crippen molar-refractivity contribution in [1.82, 2.24) is 15.5 Å². The van der Waals surface area contributed by atoms with Crippen LogP contribution in [0, 0.1) is 0 Å². The lowest BCUT2D eigenvalue weighted by Crippen LogP contribution is -2.28. The van der Waals surface area contributed by atoms with Crippen LogP contribution in [0.15, 0.2) is 12.3 Å². The van der Waals surface area contributed by atoms with Gasteiger partial charge in [0.15, 0.2) is 5.82 Å². The summed E-state index contributed by atoms with van der Waals surface area (Å²) < 4.78 is 5.11. The lowest BCUT2D eigenvalue weighted by Gasteiger charge is -2.19. The Morgan fingerprint density at radius 3 is 2.80 bits per heavy atom. The number of carbonyl (C=O) groups is 1. The molecule has 0 saturated carbocycles. The van der Waals surface area contributed by atoms with Gasteiger partial charge in [-0.1, -0.05) is 6.92 Å². The van der Waals surface area contributed by atoms with Crippen LogP contribution in [-0.2, 0) is 4.74 Å². The summed E-state index contributed by atoms with van der Waals surface area (Å²) in [6.07, 6.45) is 0.885. The molecule has 1 aromatic rings. The normalized spacial score (nSPS) is 12.8. The summed E-state index contributed by atoms with van der Waals surface area (Å²) in [5.74, 6) is 0.231. The first kappa shape index (κ1) is 16.3.